The van der Waals surface area contributed by atoms with Crippen LogP contribution in [-0.2, 0) is 13.2 Å². The summed E-state index contributed by atoms with van der Waals surface area (Å²) < 4.78 is 5.61. The molecule has 0 radical (unpaired) electrons. The second-order valence-electron chi connectivity index (χ2n) is 6.08. The first-order valence-corrected chi connectivity index (χ1v) is 7.90. The van der Waals surface area contributed by atoms with E-state index in [1.54, 1.807) is 0 Å². The summed E-state index contributed by atoms with van der Waals surface area (Å²) in [7, 11) is 0. The van der Waals surface area contributed by atoms with Crippen LogP contribution in [0, 0.1) is 6.92 Å². The second kappa shape index (κ2) is 6.55. The van der Waals surface area contributed by atoms with Gasteiger partial charge in [0.15, 0.2) is 0 Å². The molecule has 1 aromatic carbocycles. The van der Waals surface area contributed by atoms with Crippen molar-refractivity contribution in [3.05, 3.63) is 53.5 Å². The van der Waals surface area contributed by atoms with Crippen molar-refractivity contribution in [2.45, 2.75) is 33.0 Å². The Labute approximate surface area is 132 Å². The number of piperazine rings is 1. The van der Waals surface area contributed by atoms with Gasteiger partial charge >= 0.3 is 0 Å². The molecule has 1 aliphatic rings. The van der Waals surface area contributed by atoms with Crippen LogP contribution in [0.4, 0.5) is 5.69 Å². The third-order valence-electron chi connectivity index (χ3n) is 4.45. The average Bonchev–Trinajstić information content (AvgIpc) is 2.98. The van der Waals surface area contributed by atoms with E-state index in [1.165, 1.54) is 11.3 Å². The largest absolute Gasteiger partial charge is 0.462 e. The number of para-hydroxylation sites is 1. The van der Waals surface area contributed by atoms with Crippen LogP contribution in [0.5, 0.6) is 0 Å². The summed E-state index contributed by atoms with van der Waals surface area (Å²) in [6, 6.07) is 12.9. The fraction of sp³-hybridized carbons (Fsp3) is 0.444. The van der Waals surface area contributed by atoms with Gasteiger partial charge in [-0.15, -0.1) is 0 Å². The summed E-state index contributed by atoms with van der Waals surface area (Å²) in [6.45, 7) is 8.29. The van der Waals surface area contributed by atoms with Crippen LogP contribution >= 0.6 is 0 Å². The first-order valence-electron chi connectivity index (χ1n) is 7.90. The minimum absolute atomic E-state index is 0.0311. The number of nitrogens with zero attached hydrogens (tertiary/aromatic N) is 2. The summed E-state index contributed by atoms with van der Waals surface area (Å²) in [6.07, 6.45) is 0. The van der Waals surface area contributed by atoms with E-state index in [2.05, 4.69) is 47.9 Å². The topological polar surface area (TPSA) is 39.9 Å². The molecule has 0 saturated carbocycles. The Kier molecular flexibility index (Phi) is 4.50. The van der Waals surface area contributed by atoms with Crippen LogP contribution in [0.15, 0.2) is 40.8 Å². The van der Waals surface area contributed by atoms with Crippen LogP contribution in [0.3, 0.4) is 0 Å². The zero-order valence-corrected chi connectivity index (χ0v) is 13.3. The monoisotopic (exact) mass is 300 g/mol. The Hall–Kier alpha value is -1.78. The van der Waals surface area contributed by atoms with E-state index in [4.69, 9.17) is 9.52 Å². The molecule has 4 nitrogen and oxygen atoms in total. The van der Waals surface area contributed by atoms with Gasteiger partial charge in [-0.3, -0.25) is 4.90 Å². The predicted octanol–water partition coefficient (Wildman–Crippen LogP) is 2.79. The van der Waals surface area contributed by atoms with Gasteiger partial charge in [0, 0.05) is 31.4 Å². The summed E-state index contributed by atoms with van der Waals surface area (Å²) >= 11 is 0. The van der Waals surface area contributed by atoms with Gasteiger partial charge in [-0.25, -0.2) is 0 Å². The molecule has 0 spiro atoms. The van der Waals surface area contributed by atoms with E-state index in [9.17, 15) is 0 Å². The number of benzene rings is 1. The molecule has 1 N–H and O–H groups in total. The lowest BCUT2D eigenvalue weighted by Crippen LogP contribution is -2.51. The van der Waals surface area contributed by atoms with Crippen molar-refractivity contribution in [3.8, 4) is 0 Å². The van der Waals surface area contributed by atoms with Gasteiger partial charge in [0.25, 0.3) is 0 Å². The van der Waals surface area contributed by atoms with Gasteiger partial charge in [0.2, 0.25) is 0 Å². The number of rotatable bonds is 4. The van der Waals surface area contributed by atoms with Crippen molar-refractivity contribution in [3.63, 3.8) is 0 Å². The van der Waals surface area contributed by atoms with Crippen LogP contribution in [0.1, 0.15) is 24.0 Å². The zero-order chi connectivity index (χ0) is 15.5. The van der Waals surface area contributed by atoms with Crippen LogP contribution in [0.25, 0.3) is 0 Å². The Morgan fingerprint density at radius 2 is 1.91 bits per heavy atom. The molecule has 1 saturated heterocycles. The number of aliphatic hydroxyl groups is 1. The third kappa shape index (κ3) is 3.18. The van der Waals surface area contributed by atoms with Gasteiger partial charge in [-0.1, -0.05) is 18.2 Å². The van der Waals surface area contributed by atoms with Gasteiger partial charge < -0.3 is 14.4 Å². The molecule has 0 amide bonds. The predicted molar refractivity (Wildman–Crippen MR) is 87.9 cm³/mol. The molecule has 2 heterocycles. The van der Waals surface area contributed by atoms with E-state index >= 15 is 0 Å². The van der Waals surface area contributed by atoms with Gasteiger partial charge in [-0.2, -0.15) is 0 Å². The second-order valence-corrected chi connectivity index (χ2v) is 6.08. The van der Waals surface area contributed by atoms with E-state index in [0.29, 0.717) is 11.8 Å². The Bertz CT molecular complexity index is 623. The summed E-state index contributed by atoms with van der Waals surface area (Å²) in [5, 5.41) is 9.08. The number of aryl methyl sites for hydroxylation is 1. The number of furan rings is 1. The van der Waals surface area contributed by atoms with Crippen LogP contribution < -0.4 is 4.90 Å². The Morgan fingerprint density at radius 3 is 2.59 bits per heavy atom. The van der Waals surface area contributed by atoms with Gasteiger partial charge in [-0.05, 0) is 37.6 Å². The average molecular weight is 300 g/mol. The molecule has 0 bridgehead atoms. The highest BCUT2D eigenvalue weighted by Gasteiger charge is 2.25. The maximum absolute atomic E-state index is 9.08. The molecule has 1 atom stereocenters. The minimum Gasteiger partial charge on any atom is -0.462 e. The smallest absolute Gasteiger partial charge is 0.129 e. The molecule has 4 heteroatoms. The quantitative estimate of drug-likeness (QED) is 0.942. The highest BCUT2D eigenvalue weighted by atomic mass is 16.4. The SMILES string of the molecule is Cc1ccccc1N1CCN(Cc2ccc(CO)o2)C(C)C1. The van der Waals surface area contributed by atoms with Crippen LogP contribution in [-0.4, -0.2) is 35.7 Å². The summed E-state index contributed by atoms with van der Waals surface area (Å²) in [4.78, 5) is 4.91. The first-order chi connectivity index (χ1) is 10.7. The fourth-order valence-corrected chi connectivity index (χ4v) is 3.16. The fourth-order valence-electron chi connectivity index (χ4n) is 3.16. The molecule has 0 aliphatic carbocycles. The normalized spacial score (nSPS) is 19.6. The maximum Gasteiger partial charge on any atom is 0.129 e. The van der Waals surface area contributed by atoms with Crippen molar-refractivity contribution < 1.29 is 9.52 Å². The first kappa shape index (κ1) is 15.1. The molecule has 1 unspecified atom stereocenters. The molecule has 1 aromatic heterocycles. The summed E-state index contributed by atoms with van der Waals surface area (Å²) in [5.74, 6) is 1.57. The van der Waals surface area contributed by atoms with Crippen LogP contribution in [0.2, 0.25) is 0 Å². The molecule has 22 heavy (non-hydrogen) atoms. The van der Waals surface area contributed by atoms with E-state index in [-0.39, 0.29) is 6.61 Å². The molecular weight excluding hydrogens is 276 g/mol. The highest BCUT2D eigenvalue weighted by molar-refractivity contribution is 5.53. The van der Waals surface area contributed by atoms with Crippen molar-refractivity contribution in [1.29, 1.82) is 0 Å². The lowest BCUT2D eigenvalue weighted by atomic mass is 10.1. The highest BCUT2D eigenvalue weighted by Crippen LogP contribution is 2.24. The number of aliphatic hydroxyl groups excluding tert-OH is 1. The lowest BCUT2D eigenvalue weighted by molar-refractivity contribution is 0.163. The van der Waals surface area contributed by atoms with E-state index < -0.39 is 0 Å². The minimum atomic E-state index is -0.0311. The van der Waals surface area contributed by atoms with Gasteiger partial charge in [0.1, 0.15) is 18.1 Å². The number of hydrogen-bond acceptors (Lipinski definition) is 4. The summed E-state index contributed by atoms with van der Waals surface area (Å²) in [5.41, 5.74) is 2.68. The van der Waals surface area contributed by atoms with Crippen molar-refractivity contribution in [2.75, 3.05) is 24.5 Å². The number of anilines is 1. The maximum atomic E-state index is 9.08. The van der Waals surface area contributed by atoms with Crippen molar-refractivity contribution in [1.82, 2.24) is 4.90 Å². The molecule has 1 aliphatic heterocycles. The van der Waals surface area contributed by atoms with Gasteiger partial charge in [0.05, 0.1) is 6.54 Å². The number of hydrogen-bond donors (Lipinski definition) is 1. The third-order valence-corrected chi connectivity index (χ3v) is 4.45. The molecule has 3 rings (SSSR count). The Morgan fingerprint density at radius 1 is 1.14 bits per heavy atom. The van der Waals surface area contributed by atoms with Crippen molar-refractivity contribution in [2.24, 2.45) is 0 Å². The molecule has 2 aromatic rings. The molecule has 118 valence electrons. The van der Waals surface area contributed by atoms with Crippen molar-refractivity contribution >= 4 is 5.69 Å². The van der Waals surface area contributed by atoms with E-state index in [1.807, 2.05) is 12.1 Å². The van der Waals surface area contributed by atoms with E-state index in [0.717, 1.165) is 31.9 Å². The Balaban J connectivity index is 1.64. The molecule has 1 fully saturated rings. The zero-order valence-electron chi connectivity index (χ0n) is 13.3. The lowest BCUT2D eigenvalue weighted by Gasteiger charge is -2.41. The molecular formula is C18H24N2O2. The standard InChI is InChI=1S/C18H24N2O2/c1-14-5-3-4-6-18(14)20-10-9-19(15(2)11-20)12-16-7-8-17(13-21)22-16/h3-8,15,21H,9-13H2,1-2H3.